The summed E-state index contributed by atoms with van der Waals surface area (Å²) in [5, 5.41) is 7.95. The van der Waals surface area contributed by atoms with E-state index in [1.165, 1.54) is 6.07 Å². The lowest BCUT2D eigenvalue weighted by molar-refractivity contribution is 0.303. The van der Waals surface area contributed by atoms with Crippen molar-refractivity contribution in [3.8, 4) is 0 Å². The van der Waals surface area contributed by atoms with E-state index < -0.39 is 17.2 Å². The molecule has 0 radical (unpaired) electrons. The third kappa shape index (κ3) is 2.54. The van der Waals surface area contributed by atoms with Crippen molar-refractivity contribution in [1.82, 2.24) is 15.2 Å². The Balaban J connectivity index is 1.97. The molecule has 0 atom stereocenters. The van der Waals surface area contributed by atoms with Crippen LogP contribution in [0.1, 0.15) is 50.2 Å². The quantitative estimate of drug-likeness (QED) is 0.636. The third-order valence-corrected chi connectivity index (χ3v) is 5.75. The first-order valence-electron chi connectivity index (χ1n) is 8.82. The minimum atomic E-state index is -1.04. The van der Waals surface area contributed by atoms with Crippen LogP contribution in [0.3, 0.4) is 0 Å². The van der Waals surface area contributed by atoms with Crippen molar-refractivity contribution in [3.63, 3.8) is 0 Å². The number of nitrogens with zero attached hydrogens (tertiary/aromatic N) is 4. The van der Waals surface area contributed by atoms with Gasteiger partial charge in [0.25, 0.3) is 0 Å². The van der Waals surface area contributed by atoms with E-state index in [1.807, 2.05) is 12.1 Å². The lowest BCUT2D eigenvalue weighted by Gasteiger charge is -2.44. The molecule has 2 aromatic carbocycles. The molecule has 6 heteroatoms. The Hall–Kier alpha value is -2.76. The van der Waals surface area contributed by atoms with Crippen LogP contribution in [0, 0.1) is 18.6 Å². The van der Waals surface area contributed by atoms with Gasteiger partial charge in [0, 0.05) is 11.0 Å². The molecular formula is C21H20F2N4. The van der Waals surface area contributed by atoms with Crippen LogP contribution in [0.5, 0.6) is 0 Å². The van der Waals surface area contributed by atoms with Crippen LogP contribution in [0.2, 0.25) is 0 Å². The molecule has 4 rings (SSSR count). The average molecular weight is 366 g/mol. The largest absolute Gasteiger partial charge is 0.274 e. The van der Waals surface area contributed by atoms with Gasteiger partial charge in [-0.1, -0.05) is 37.6 Å². The van der Waals surface area contributed by atoms with E-state index >= 15 is 0 Å². The molecular weight excluding hydrogens is 346 g/mol. The molecule has 0 unspecified atom stereocenters. The van der Waals surface area contributed by atoms with Gasteiger partial charge in [-0.15, -0.1) is 10.2 Å². The van der Waals surface area contributed by atoms with Gasteiger partial charge in [-0.2, -0.15) is 0 Å². The summed E-state index contributed by atoms with van der Waals surface area (Å²) in [6.07, 6.45) is 0. The molecule has 1 aliphatic rings. The van der Waals surface area contributed by atoms with Crippen LogP contribution in [0.15, 0.2) is 35.3 Å². The number of rotatable bonds is 1. The van der Waals surface area contributed by atoms with Gasteiger partial charge in [0.15, 0.2) is 17.2 Å². The maximum atomic E-state index is 13.9. The van der Waals surface area contributed by atoms with Gasteiger partial charge < -0.3 is 0 Å². The predicted molar refractivity (Wildman–Crippen MR) is 101 cm³/mol. The number of benzene rings is 2. The fourth-order valence-corrected chi connectivity index (χ4v) is 3.41. The molecule has 4 nitrogen and oxygen atoms in total. The monoisotopic (exact) mass is 366 g/mol. The zero-order valence-electron chi connectivity index (χ0n) is 15.9. The fraction of sp³-hybridized carbons (Fsp3) is 0.333. The molecule has 0 fully saturated rings. The fourth-order valence-electron chi connectivity index (χ4n) is 3.41. The summed E-state index contributed by atoms with van der Waals surface area (Å²) in [6, 6.07) is 8.64. The van der Waals surface area contributed by atoms with Crippen molar-refractivity contribution in [2.75, 3.05) is 0 Å². The Morgan fingerprint density at radius 3 is 2.41 bits per heavy atom. The molecule has 27 heavy (non-hydrogen) atoms. The van der Waals surface area contributed by atoms with Crippen molar-refractivity contribution in [2.45, 2.75) is 45.6 Å². The van der Waals surface area contributed by atoms with Crippen molar-refractivity contribution in [3.05, 3.63) is 64.5 Å². The van der Waals surface area contributed by atoms with E-state index in [9.17, 15) is 8.78 Å². The molecule has 0 N–H and O–H groups in total. The Bertz CT molecular complexity index is 1120. The van der Waals surface area contributed by atoms with Crippen LogP contribution < -0.4 is 0 Å². The first-order valence-corrected chi connectivity index (χ1v) is 8.82. The van der Waals surface area contributed by atoms with E-state index in [1.54, 1.807) is 0 Å². The summed E-state index contributed by atoms with van der Waals surface area (Å²) in [5.41, 5.74) is 3.34. The summed E-state index contributed by atoms with van der Waals surface area (Å²) in [6.45, 7) is 10.5. The van der Waals surface area contributed by atoms with Crippen LogP contribution in [0.4, 0.5) is 8.78 Å². The van der Waals surface area contributed by atoms with E-state index in [0.717, 1.165) is 22.8 Å². The third-order valence-electron chi connectivity index (χ3n) is 5.75. The Morgan fingerprint density at radius 2 is 1.67 bits per heavy atom. The average Bonchev–Trinajstić information content (AvgIpc) is 2.62. The first-order chi connectivity index (χ1) is 12.6. The molecule has 0 saturated heterocycles. The number of aliphatic imine (C=N–C) groups is 1. The molecule has 0 amide bonds. The molecule has 0 bridgehead atoms. The van der Waals surface area contributed by atoms with Crippen LogP contribution in [-0.2, 0) is 5.41 Å². The molecule has 0 aliphatic carbocycles. The molecule has 1 aromatic heterocycles. The minimum absolute atomic E-state index is 0.182. The minimum Gasteiger partial charge on any atom is -0.274 e. The van der Waals surface area contributed by atoms with Gasteiger partial charge >= 0.3 is 0 Å². The Morgan fingerprint density at radius 1 is 0.926 bits per heavy atom. The van der Waals surface area contributed by atoms with Gasteiger partial charge in [-0.25, -0.2) is 13.8 Å². The summed E-state index contributed by atoms with van der Waals surface area (Å²) in [7, 11) is 0. The lowest BCUT2D eigenvalue weighted by Crippen LogP contribution is -2.46. The molecule has 0 saturated carbocycles. The van der Waals surface area contributed by atoms with Crippen LogP contribution >= 0.6 is 0 Å². The van der Waals surface area contributed by atoms with Gasteiger partial charge in [0.2, 0.25) is 5.82 Å². The maximum absolute atomic E-state index is 13.9. The lowest BCUT2D eigenvalue weighted by atomic mass is 9.66. The second-order valence-corrected chi connectivity index (χ2v) is 8.06. The first kappa shape index (κ1) is 17.6. The molecule has 1 aliphatic heterocycles. The maximum Gasteiger partial charge on any atom is 0.201 e. The number of hydrogen-bond acceptors (Lipinski definition) is 4. The zero-order chi connectivity index (χ0) is 19.6. The Labute approximate surface area is 156 Å². The number of aromatic nitrogens is 3. The standard InChI is InChI=1S/C21H20F2N4/c1-11-6-7-12-13(10-11)20(2,3)21(4,5)25-17(12)19-24-15-9-8-14(22)16(23)18(15)26-27-19/h6-10H,1-5H3. The van der Waals surface area contributed by atoms with Crippen molar-refractivity contribution in [2.24, 2.45) is 4.99 Å². The smallest absolute Gasteiger partial charge is 0.201 e. The van der Waals surface area contributed by atoms with E-state index in [0.29, 0.717) is 11.5 Å². The SMILES string of the molecule is Cc1ccc2c(c1)C(C)(C)C(C)(C)N=C2c1nnc2c(F)c(F)ccc2n1. The van der Waals surface area contributed by atoms with Gasteiger partial charge in [-0.3, -0.25) is 4.99 Å². The number of aryl methyl sites for hydroxylation is 1. The van der Waals surface area contributed by atoms with Crippen molar-refractivity contribution in [1.29, 1.82) is 0 Å². The summed E-state index contributed by atoms with van der Waals surface area (Å²) in [5.74, 6) is -1.70. The highest BCUT2D eigenvalue weighted by Crippen LogP contribution is 2.43. The van der Waals surface area contributed by atoms with E-state index in [4.69, 9.17) is 4.99 Å². The van der Waals surface area contributed by atoms with Crippen molar-refractivity contribution >= 4 is 16.7 Å². The highest BCUT2D eigenvalue weighted by atomic mass is 19.2. The van der Waals surface area contributed by atoms with Crippen LogP contribution in [-0.4, -0.2) is 26.4 Å². The zero-order valence-corrected chi connectivity index (χ0v) is 15.9. The summed E-state index contributed by atoms with van der Waals surface area (Å²) >= 11 is 0. The van der Waals surface area contributed by atoms with Gasteiger partial charge in [0.1, 0.15) is 5.71 Å². The highest BCUT2D eigenvalue weighted by molar-refractivity contribution is 6.13. The summed E-state index contributed by atoms with van der Waals surface area (Å²) in [4.78, 5) is 9.36. The molecule has 2 heterocycles. The second-order valence-electron chi connectivity index (χ2n) is 8.06. The molecule has 0 spiro atoms. The van der Waals surface area contributed by atoms with Gasteiger partial charge in [-0.05, 0) is 38.5 Å². The molecule has 3 aromatic rings. The highest BCUT2D eigenvalue weighted by Gasteiger charge is 2.44. The van der Waals surface area contributed by atoms with E-state index in [-0.39, 0.29) is 16.4 Å². The normalized spacial score (nSPS) is 17.5. The van der Waals surface area contributed by atoms with Gasteiger partial charge in [0.05, 0.1) is 11.1 Å². The summed E-state index contributed by atoms with van der Waals surface area (Å²) < 4.78 is 27.4. The predicted octanol–water partition coefficient (Wildman–Crippen LogP) is 4.52. The van der Waals surface area contributed by atoms with E-state index in [2.05, 4.69) is 55.9 Å². The van der Waals surface area contributed by atoms with Crippen molar-refractivity contribution < 1.29 is 8.78 Å². The second kappa shape index (κ2) is 5.62. The van der Waals surface area contributed by atoms with Crippen LogP contribution in [0.25, 0.3) is 11.0 Å². The Kier molecular flexibility index (Phi) is 3.67. The molecule has 138 valence electrons. The topological polar surface area (TPSA) is 51.0 Å². The number of fused-ring (bicyclic) bond motifs is 2. The number of hydrogen-bond donors (Lipinski definition) is 0. The number of halogens is 2.